The molecule has 2 nitrogen and oxygen atoms in total. The molecule has 1 saturated carbocycles. The Labute approximate surface area is 100 Å². The summed E-state index contributed by atoms with van der Waals surface area (Å²) in [7, 11) is 1.81. The van der Waals surface area contributed by atoms with E-state index in [2.05, 4.69) is 26.8 Å². The van der Waals surface area contributed by atoms with Gasteiger partial charge in [0.05, 0.1) is 18.8 Å². The monoisotopic (exact) mass is 226 g/mol. The van der Waals surface area contributed by atoms with Gasteiger partial charge in [-0.1, -0.05) is 18.6 Å². The van der Waals surface area contributed by atoms with E-state index in [9.17, 15) is 0 Å². The van der Waals surface area contributed by atoms with Gasteiger partial charge in [0.25, 0.3) is 0 Å². The molecule has 0 bridgehead atoms. The first-order chi connectivity index (χ1) is 7.65. The second-order valence-corrected chi connectivity index (χ2v) is 4.98. The van der Waals surface area contributed by atoms with Crippen LogP contribution in [0.4, 0.5) is 0 Å². The molecule has 0 aromatic carbocycles. The summed E-state index contributed by atoms with van der Waals surface area (Å²) in [6, 6.07) is 0. The van der Waals surface area contributed by atoms with E-state index >= 15 is 0 Å². The molecule has 0 aromatic heterocycles. The highest BCUT2D eigenvalue weighted by Crippen LogP contribution is 2.28. The topological polar surface area (TPSA) is 18.5 Å². The summed E-state index contributed by atoms with van der Waals surface area (Å²) < 4.78 is 11.1. The minimum absolute atomic E-state index is 0.336. The van der Waals surface area contributed by atoms with Crippen molar-refractivity contribution in [3.8, 4) is 0 Å². The minimum Gasteiger partial charge on any atom is -0.381 e. The predicted molar refractivity (Wildman–Crippen MR) is 67.6 cm³/mol. The molecule has 2 unspecified atom stereocenters. The zero-order chi connectivity index (χ0) is 12.0. The molecule has 16 heavy (non-hydrogen) atoms. The first-order valence-electron chi connectivity index (χ1n) is 6.49. The average Bonchev–Trinajstić information content (AvgIpc) is 2.71. The Morgan fingerprint density at radius 2 is 2.19 bits per heavy atom. The summed E-state index contributed by atoms with van der Waals surface area (Å²) >= 11 is 0. The second kappa shape index (κ2) is 7.08. The molecular formula is C14H26O2. The van der Waals surface area contributed by atoms with Crippen molar-refractivity contribution in [3.63, 3.8) is 0 Å². The highest BCUT2D eigenvalue weighted by molar-refractivity contribution is 5.10. The molecule has 0 N–H and O–H groups in total. The quantitative estimate of drug-likeness (QED) is 0.645. The van der Waals surface area contributed by atoms with Gasteiger partial charge in [0, 0.05) is 13.0 Å². The summed E-state index contributed by atoms with van der Waals surface area (Å²) in [4.78, 5) is 0. The van der Waals surface area contributed by atoms with Gasteiger partial charge >= 0.3 is 0 Å². The van der Waals surface area contributed by atoms with Crippen LogP contribution in [0.5, 0.6) is 0 Å². The molecule has 1 rings (SSSR count). The number of hydrogen-bond donors (Lipinski definition) is 0. The van der Waals surface area contributed by atoms with E-state index < -0.39 is 0 Å². The van der Waals surface area contributed by atoms with Gasteiger partial charge < -0.3 is 9.47 Å². The average molecular weight is 226 g/mol. The van der Waals surface area contributed by atoms with Crippen LogP contribution >= 0.6 is 0 Å². The number of hydrogen-bond acceptors (Lipinski definition) is 2. The summed E-state index contributed by atoms with van der Waals surface area (Å²) in [5.41, 5.74) is 1.56. The lowest BCUT2D eigenvalue weighted by Gasteiger charge is -2.14. The molecule has 2 heteroatoms. The van der Waals surface area contributed by atoms with E-state index in [0.717, 1.165) is 19.4 Å². The molecule has 1 fully saturated rings. The number of methoxy groups -OCH3 is 1. The Hall–Kier alpha value is -0.340. The largest absolute Gasteiger partial charge is 0.381 e. The Morgan fingerprint density at radius 3 is 2.69 bits per heavy atom. The Balaban J connectivity index is 2.39. The van der Waals surface area contributed by atoms with Crippen LogP contribution in [0.3, 0.4) is 0 Å². The molecule has 0 saturated heterocycles. The summed E-state index contributed by atoms with van der Waals surface area (Å²) in [5.74, 6) is 0.577. The van der Waals surface area contributed by atoms with Gasteiger partial charge in [0.2, 0.25) is 0 Å². The van der Waals surface area contributed by atoms with Crippen molar-refractivity contribution in [1.82, 2.24) is 0 Å². The Kier molecular flexibility index (Phi) is 6.07. The molecule has 94 valence electrons. The molecule has 0 heterocycles. The third kappa shape index (κ3) is 4.67. The first-order valence-corrected chi connectivity index (χ1v) is 6.49. The molecule has 0 aromatic rings. The lowest BCUT2D eigenvalue weighted by Crippen LogP contribution is -2.12. The molecule has 0 spiro atoms. The highest BCUT2D eigenvalue weighted by atomic mass is 16.5. The normalized spacial score (nSPS) is 25.6. The van der Waals surface area contributed by atoms with Crippen LogP contribution in [-0.4, -0.2) is 25.9 Å². The SMILES string of the molecule is CCC(/C=C1/CCC(OC)C1)COC(C)C. The molecule has 0 radical (unpaired) electrons. The molecule has 0 aliphatic heterocycles. The standard InChI is InChI=1S/C14H26O2/c1-5-12(10-16-11(2)3)8-13-6-7-14(9-13)15-4/h8,11-12,14H,5-7,9-10H2,1-4H3/b13-8-. The maximum Gasteiger partial charge on any atom is 0.0611 e. The molecule has 1 aliphatic rings. The van der Waals surface area contributed by atoms with Crippen molar-refractivity contribution in [2.75, 3.05) is 13.7 Å². The van der Waals surface area contributed by atoms with E-state index in [0.29, 0.717) is 18.1 Å². The fourth-order valence-corrected chi connectivity index (χ4v) is 2.13. The van der Waals surface area contributed by atoms with Crippen molar-refractivity contribution < 1.29 is 9.47 Å². The Bertz CT molecular complexity index is 221. The lowest BCUT2D eigenvalue weighted by molar-refractivity contribution is 0.0603. The Morgan fingerprint density at radius 1 is 1.44 bits per heavy atom. The third-order valence-electron chi connectivity index (χ3n) is 3.25. The zero-order valence-corrected chi connectivity index (χ0v) is 11.2. The summed E-state index contributed by atoms with van der Waals surface area (Å²) in [6.07, 6.45) is 7.88. The van der Waals surface area contributed by atoms with Crippen LogP contribution in [0.1, 0.15) is 46.5 Å². The van der Waals surface area contributed by atoms with Gasteiger partial charge in [0.15, 0.2) is 0 Å². The van der Waals surface area contributed by atoms with Crippen molar-refractivity contribution in [2.45, 2.75) is 58.7 Å². The third-order valence-corrected chi connectivity index (χ3v) is 3.25. The van der Waals surface area contributed by atoms with E-state index in [1.165, 1.54) is 12.8 Å². The van der Waals surface area contributed by atoms with Crippen molar-refractivity contribution >= 4 is 0 Å². The van der Waals surface area contributed by atoms with E-state index in [1.807, 2.05) is 7.11 Å². The fraction of sp³-hybridized carbons (Fsp3) is 0.857. The van der Waals surface area contributed by atoms with Crippen LogP contribution < -0.4 is 0 Å². The fourth-order valence-electron chi connectivity index (χ4n) is 2.13. The predicted octanol–water partition coefficient (Wildman–Crippen LogP) is 3.56. The van der Waals surface area contributed by atoms with E-state index in [1.54, 1.807) is 5.57 Å². The second-order valence-electron chi connectivity index (χ2n) is 4.98. The van der Waals surface area contributed by atoms with E-state index in [-0.39, 0.29) is 0 Å². The zero-order valence-electron chi connectivity index (χ0n) is 11.2. The molecule has 1 aliphatic carbocycles. The molecule has 2 atom stereocenters. The van der Waals surface area contributed by atoms with Crippen LogP contribution in [0.25, 0.3) is 0 Å². The smallest absolute Gasteiger partial charge is 0.0611 e. The van der Waals surface area contributed by atoms with Crippen LogP contribution in [0.2, 0.25) is 0 Å². The lowest BCUT2D eigenvalue weighted by atomic mass is 10.0. The first kappa shape index (κ1) is 13.7. The summed E-state index contributed by atoms with van der Waals surface area (Å²) in [6.45, 7) is 7.27. The number of ether oxygens (including phenoxy) is 2. The van der Waals surface area contributed by atoms with E-state index in [4.69, 9.17) is 9.47 Å². The van der Waals surface area contributed by atoms with Crippen LogP contribution in [-0.2, 0) is 9.47 Å². The van der Waals surface area contributed by atoms with Crippen LogP contribution in [0.15, 0.2) is 11.6 Å². The van der Waals surface area contributed by atoms with Gasteiger partial charge in [-0.3, -0.25) is 0 Å². The van der Waals surface area contributed by atoms with Gasteiger partial charge in [-0.05, 0) is 39.5 Å². The maximum absolute atomic E-state index is 5.68. The maximum atomic E-state index is 5.68. The van der Waals surface area contributed by atoms with Crippen molar-refractivity contribution in [2.24, 2.45) is 5.92 Å². The number of rotatable bonds is 6. The summed E-state index contributed by atoms with van der Waals surface area (Å²) in [5, 5.41) is 0. The van der Waals surface area contributed by atoms with Gasteiger partial charge in [0.1, 0.15) is 0 Å². The van der Waals surface area contributed by atoms with Gasteiger partial charge in [-0.15, -0.1) is 0 Å². The highest BCUT2D eigenvalue weighted by Gasteiger charge is 2.19. The van der Waals surface area contributed by atoms with Crippen molar-refractivity contribution in [1.29, 1.82) is 0 Å². The van der Waals surface area contributed by atoms with Gasteiger partial charge in [-0.25, -0.2) is 0 Å². The molecule has 0 amide bonds. The van der Waals surface area contributed by atoms with Crippen LogP contribution in [0, 0.1) is 5.92 Å². The van der Waals surface area contributed by atoms with Gasteiger partial charge in [-0.2, -0.15) is 0 Å². The van der Waals surface area contributed by atoms with Crippen molar-refractivity contribution in [3.05, 3.63) is 11.6 Å². The minimum atomic E-state index is 0.336. The molecular weight excluding hydrogens is 200 g/mol.